The van der Waals surface area contributed by atoms with Gasteiger partial charge in [0.15, 0.2) is 0 Å². The Morgan fingerprint density at radius 1 is 1.29 bits per heavy atom. The molecule has 4 rings (SSSR count). The lowest BCUT2D eigenvalue weighted by Crippen LogP contribution is -2.59. The standard InChI is InChI=1S/C18H28N4O2/c1-13-9-14(2)22(19-13)15-10-20(11-15)12-18(23)21-7-8-24-17-6-4-3-5-16(17)21/h9,15-17H,3-8,10-12H2,1-2H3/t16-,17+/m0/s1. The van der Waals surface area contributed by atoms with Crippen LogP contribution in [-0.2, 0) is 9.53 Å². The fourth-order valence-electron chi connectivity index (χ4n) is 4.53. The molecule has 6 heteroatoms. The molecule has 1 saturated carbocycles. The van der Waals surface area contributed by atoms with Gasteiger partial charge in [-0.2, -0.15) is 5.10 Å². The number of likely N-dealkylation sites (tertiary alicyclic amines) is 1. The van der Waals surface area contributed by atoms with Crippen LogP contribution in [0.2, 0.25) is 0 Å². The van der Waals surface area contributed by atoms with Crippen molar-refractivity contribution in [3.63, 3.8) is 0 Å². The third-order valence-electron chi connectivity index (χ3n) is 5.74. The molecule has 2 atom stereocenters. The topological polar surface area (TPSA) is 50.6 Å². The molecular weight excluding hydrogens is 304 g/mol. The van der Waals surface area contributed by atoms with Crippen molar-refractivity contribution in [3.05, 3.63) is 17.5 Å². The summed E-state index contributed by atoms with van der Waals surface area (Å²) in [6, 6.07) is 2.84. The fourth-order valence-corrected chi connectivity index (χ4v) is 4.53. The molecule has 0 spiro atoms. The minimum atomic E-state index is 0.273. The van der Waals surface area contributed by atoms with Gasteiger partial charge in [-0.15, -0.1) is 0 Å². The maximum atomic E-state index is 12.8. The molecule has 0 N–H and O–H groups in total. The van der Waals surface area contributed by atoms with Gasteiger partial charge in [-0.1, -0.05) is 12.8 Å². The summed E-state index contributed by atoms with van der Waals surface area (Å²) in [6.45, 7) is 7.97. The highest BCUT2D eigenvalue weighted by molar-refractivity contribution is 5.79. The number of aryl methyl sites for hydroxylation is 2. The lowest BCUT2D eigenvalue weighted by atomic mass is 9.90. The summed E-state index contributed by atoms with van der Waals surface area (Å²) in [4.78, 5) is 17.1. The second-order valence-corrected chi connectivity index (χ2v) is 7.57. The Kier molecular flexibility index (Phi) is 4.35. The molecule has 132 valence electrons. The molecule has 1 amide bonds. The predicted molar refractivity (Wildman–Crippen MR) is 90.9 cm³/mol. The molecule has 0 unspecified atom stereocenters. The van der Waals surface area contributed by atoms with Crippen LogP contribution < -0.4 is 0 Å². The second kappa shape index (κ2) is 6.48. The predicted octanol–water partition coefficient (Wildman–Crippen LogP) is 1.53. The maximum absolute atomic E-state index is 12.8. The minimum Gasteiger partial charge on any atom is -0.374 e. The van der Waals surface area contributed by atoms with E-state index in [0.717, 1.165) is 38.2 Å². The number of aromatic nitrogens is 2. The van der Waals surface area contributed by atoms with Gasteiger partial charge in [0.1, 0.15) is 0 Å². The smallest absolute Gasteiger partial charge is 0.237 e. The first kappa shape index (κ1) is 16.1. The zero-order chi connectivity index (χ0) is 16.7. The van der Waals surface area contributed by atoms with Crippen molar-refractivity contribution in [2.75, 3.05) is 32.8 Å². The summed E-state index contributed by atoms with van der Waals surface area (Å²) in [7, 11) is 0. The van der Waals surface area contributed by atoms with Gasteiger partial charge < -0.3 is 9.64 Å². The number of amides is 1. The van der Waals surface area contributed by atoms with E-state index in [1.54, 1.807) is 0 Å². The molecule has 1 aromatic heterocycles. The van der Waals surface area contributed by atoms with E-state index in [4.69, 9.17) is 4.74 Å². The van der Waals surface area contributed by atoms with Crippen LogP contribution in [0.25, 0.3) is 0 Å². The summed E-state index contributed by atoms with van der Waals surface area (Å²) in [5, 5.41) is 4.57. The van der Waals surface area contributed by atoms with E-state index in [1.165, 1.54) is 18.5 Å². The molecule has 0 aromatic carbocycles. The van der Waals surface area contributed by atoms with E-state index in [1.807, 2.05) is 6.92 Å². The third kappa shape index (κ3) is 2.97. The van der Waals surface area contributed by atoms with Crippen molar-refractivity contribution in [1.29, 1.82) is 0 Å². The number of hydrogen-bond acceptors (Lipinski definition) is 4. The van der Waals surface area contributed by atoms with Gasteiger partial charge in [-0.05, 0) is 32.8 Å². The van der Waals surface area contributed by atoms with E-state index in [2.05, 4.69) is 32.6 Å². The highest BCUT2D eigenvalue weighted by Crippen LogP contribution is 2.29. The summed E-state index contributed by atoms with van der Waals surface area (Å²) in [6.07, 6.45) is 4.94. The molecule has 0 radical (unpaired) electrons. The molecule has 0 bridgehead atoms. The first-order valence-electron chi connectivity index (χ1n) is 9.28. The van der Waals surface area contributed by atoms with Crippen LogP contribution in [0.3, 0.4) is 0 Å². The van der Waals surface area contributed by atoms with Gasteiger partial charge in [-0.25, -0.2) is 0 Å². The zero-order valence-corrected chi connectivity index (χ0v) is 14.8. The van der Waals surface area contributed by atoms with Crippen LogP contribution in [0.4, 0.5) is 0 Å². The number of carbonyl (C=O) groups excluding carboxylic acids is 1. The van der Waals surface area contributed by atoms with Crippen LogP contribution >= 0.6 is 0 Å². The molecule has 1 aliphatic carbocycles. The molecule has 24 heavy (non-hydrogen) atoms. The first-order valence-corrected chi connectivity index (χ1v) is 9.28. The number of fused-ring (bicyclic) bond motifs is 1. The SMILES string of the molecule is Cc1cc(C)n(C2CN(CC(=O)N3CCO[C@@H]4CCCC[C@@H]43)C2)n1. The minimum absolute atomic E-state index is 0.273. The Labute approximate surface area is 143 Å². The number of nitrogens with zero attached hydrogens (tertiary/aromatic N) is 4. The summed E-state index contributed by atoms with van der Waals surface area (Å²) < 4.78 is 7.99. The fraction of sp³-hybridized carbons (Fsp3) is 0.778. The number of carbonyl (C=O) groups is 1. The summed E-state index contributed by atoms with van der Waals surface area (Å²) in [5.74, 6) is 0.280. The maximum Gasteiger partial charge on any atom is 0.237 e. The van der Waals surface area contributed by atoms with Crippen LogP contribution in [0, 0.1) is 13.8 Å². The molecule has 3 aliphatic rings. The van der Waals surface area contributed by atoms with Crippen molar-refractivity contribution >= 4 is 5.91 Å². The number of rotatable bonds is 3. The van der Waals surface area contributed by atoms with Crippen molar-refractivity contribution < 1.29 is 9.53 Å². The Morgan fingerprint density at radius 3 is 2.83 bits per heavy atom. The molecule has 2 saturated heterocycles. The first-order chi connectivity index (χ1) is 11.6. The van der Waals surface area contributed by atoms with Gasteiger partial charge in [0.05, 0.1) is 37.0 Å². The molecule has 2 aliphatic heterocycles. The lowest BCUT2D eigenvalue weighted by Gasteiger charge is -2.45. The lowest BCUT2D eigenvalue weighted by molar-refractivity contribution is -0.152. The largest absolute Gasteiger partial charge is 0.374 e. The Morgan fingerprint density at radius 2 is 2.08 bits per heavy atom. The molecular formula is C18H28N4O2. The van der Waals surface area contributed by atoms with Gasteiger partial charge in [0.2, 0.25) is 5.91 Å². The van der Waals surface area contributed by atoms with Gasteiger partial charge in [0, 0.05) is 25.3 Å². The van der Waals surface area contributed by atoms with E-state index in [0.29, 0.717) is 25.2 Å². The zero-order valence-electron chi connectivity index (χ0n) is 14.8. The molecule has 3 heterocycles. The summed E-state index contributed by atoms with van der Waals surface area (Å²) in [5.41, 5.74) is 2.28. The van der Waals surface area contributed by atoms with Gasteiger partial charge >= 0.3 is 0 Å². The highest BCUT2D eigenvalue weighted by atomic mass is 16.5. The normalized spacial score (nSPS) is 28.5. The average molecular weight is 332 g/mol. The van der Waals surface area contributed by atoms with Crippen LogP contribution in [0.5, 0.6) is 0 Å². The number of ether oxygens (including phenoxy) is 1. The van der Waals surface area contributed by atoms with Gasteiger partial charge in [0.25, 0.3) is 0 Å². The molecule has 1 aromatic rings. The molecule has 6 nitrogen and oxygen atoms in total. The molecule has 3 fully saturated rings. The van der Waals surface area contributed by atoms with Crippen LogP contribution in [0.1, 0.15) is 43.1 Å². The van der Waals surface area contributed by atoms with Gasteiger partial charge in [-0.3, -0.25) is 14.4 Å². The Bertz CT molecular complexity index is 606. The van der Waals surface area contributed by atoms with Crippen molar-refractivity contribution in [3.8, 4) is 0 Å². The monoisotopic (exact) mass is 332 g/mol. The quantitative estimate of drug-likeness (QED) is 0.842. The van der Waals surface area contributed by atoms with Crippen LogP contribution in [0.15, 0.2) is 6.07 Å². The van der Waals surface area contributed by atoms with Crippen molar-refractivity contribution in [1.82, 2.24) is 19.6 Å². The second-order valence-electron chi connectivity index (χ2n) is 7.57. The van der Waals surface area contributed by atoms with Crippen molar-refractivity contribution in [2.24, 2.45) is 0 Å². The van der Waals surface area contributed by atoms with E-state index in [-0.39, 0.29) is 12.0 Å². The number of hydrogen-bond donors (Lipinski definition) is 0. The average Bonchev–Trinajstić information content (AvgIpc) is 2.87. The highest BCUT2D eigenvalue weighted by Gasteiger charge is 2.38. The van der Waals surface area contributed by atoms with E-state index >= 15 is 0 Å². The van der Waals surface area contributed by atoms with E-state index in [9.17, 15) is 4.79 Å². The summed E-state index contributed by atoms with van der Waals surface area (Å²) >= 11 is 0. The Balaban J connectivity index is 1.32. The van der Waals surface area contributed by atoms with E-state index < -0.39 is 0 Å². The van der Waals surface area contributed by atoms with Crippen LogP contribution in [-0.4, -0.2) is 70.4 Å². The van der Waals surface area contributed by atoms with Crippen molar-refractivity contribution in [2.45, 2.75) is 57.7 Å². The third-order valence-corrected chi connectivity index (χ3v) is 5.74. The number of morpholine rings is 1. The Hall–Kier alpha value is -1.40.